The molecule has 0 radical (unpaired) electrons. The number of hydrogen-bond acceptors (Lipinski definition) is 4. The third kappa shape index (κ3) is 4.69. The Balaban J connectivity index is 1.48. The van der Waals surface area contributed by atoms with Crippen molar-refractivity contribution in [3.63, 3.8) is 0 Å². The minimum Gasteiger partial charge on any atom is -0.491 e. The molecule has 4 rings (SSSR count). The minimum atomic E-state index is -0.197. The lowest BCUT2D eigenvalue weighted by atomic mass is 10.1. The molecular formula is C25H24N2O3. The van der Waals surface area contributed by atoms with Crippen LogP contribution < -0.4 is 10.1 Å². The first-order valence-corrected chi connectivity index (χ1v) is 10.1. The van der Waals surface area contributed by atoms with Gasteiger partial charge in [0.1, 0.15) is 11.3 Å². The van der Waals surface area contributed by atoms with Crippen molar-refractivity contribution in [1.29, 1.82) is 0 Å². The van der Waals surface area contributed by atoms with E-state index in [1.165, 1.54) is 0 Å². The van der Waals surface area contributed by atoms with Crippen LogP contribution in [0, 0.1) is 0 Å². The van der Waals surface area contributed by atoms with Crippen molar-refractivity contribution in [3.8, 4) is 5.75 Å². The molecule has 1 amide bonds. The number of ether oxygens (including phenoxy) is 1. The second-order valence-electron chi connectivity index (χ2n) is 7.27. The molecule has 0 aliphatic carbocycles. The predicted molar refractivity (Wildman–Crippen MR) is 118 cm³/mol. The van der Waals surface area contributed by atoms with Crippen molar-refractivity contribution in [1.82, 2.24) is 4.98 Å². The van der Waals surface area contributed by atoms with Crippen molar-refractivity contribution in [2.24, 2.45) is 0 Å². The second-order valence-corrected chi connectivity index (χ2v) is 7.27. The van der Waals surface area contributed by atoms with Gasteiger partial charge < -0.3 is 14.5 Å². The first-order valence-electron chi connectivity index (χ1n) is 10.1. The summed E-state index contributed by atoms with van der Waals surface area (Å²) < 4.78 is 11.7. The van der Waals surface area contributed by atoms with Crippen LogP contribution in [0.1, 0.15) is 42.1 Å². The van der Waals surface area contributed by atoms with Crippen LogP contribution in [0.4, 0.5) is 5.69 Å². The van der Waals surface area contributed by atoms with E-state index < -0.39 is 0 Å². The summed E-state index contributed by atoms with van der Waals surface area (Å²) in [4.78, 5) is 17.3. The molecule has 3 aromatic carbocycles. The number of aromatic nitrogens is 1. The third-order valence-electron chi connectivity index (χ3n) is 4.90. The lowest BCUT2D eigenvalue weighted by molar-refractivity contribution is 0.102. The molecule has 5 nitrogen and oxygen atoms in total. The van der Waals surface area contributed by atoms with E-state index in [2.05, 4.69) is 17.2 Å². The van der Waals surface area contributed by atoms with E-state index in [4.69, 9.17) is 9.15 Å². The number of hydrogen-bond donors (Lipinski definition) is 1. The Morgan fingerprint density at radius 2 is 1.90 bits per heavy atom. The molecule has 0 saturated carbocycles. The van der Waals surface area contributed by atoms with Crippen LogP contribution in [0.2, 0.25) is 0 Å². The summed E-state index contributed by atoms with van der Waals surface area (Å²) in [5.41, 5.74) is 3.76. The summed E-state index contributed by atoms with van der Waals surface area (Å²) in [7, 11) is 0. The van der Waals surface area contributed by atoms with Crippen LogP contribution in [0.15, 0.2) is 77.2 Å². The van der Waals surface area contributed by atoms with Gasteiger partial charge in [-0.3, -0.25) is 4.79 Å². The van der Waals surface area contributed by atoms with Crippen molar-refractivity contribution in [3.05, 3.63) is 89.8 Å². The van der Waals surface area contributed by atoms with Crippen LogP contribution in [-0.2, 0) is 6.42 Å². The Morgan fingerprint density at radius 3 is 2.70 bits per heavy atom. The molecule has 0 unspecified atom stereocenters. The zero-order valence-corrected chi connectivity index (χ0v) is 17.1. The van der Waals surface area contributed by atoms with Crippen LogP contribution in [0.3, 0.4) is 0 Å². The summed E-state index contributed by atoms with van der Waals surface area (Å²) in [6.07, 6.45) is 1.63. The first kappa shape index (κ1) is 19.7. The quantitative estimate of drug-likeness (QED) is 0.423. The van der Waals surface area contributed by atoms with Crippen LogP contribution >= 0.6 is 0 Å². The summed E-state index contributed by atoms with van der Waals surface area (Å²) in [5.74, 6) is 1.14. The number of benzene rings is 3. The van der Waals surface area contributed by atoms with Crippen molar-refractivity contribution < 1.29 is 13.9 Å². The van der Waals surface area contributed by atoms with Gasteiger partial charge in [-0.05, 0) is 55.3 Å². The Hall–Kier alpha value is -3.60. The topological polar surface area (TPSA) is 64.4 Å². The molecule has 30 heavy (non-hydrogen) atoms. The molecule has 0 aliphatic heterocycles. The fourth-order valence-corrected chi connectivity index (χ4v) is 3.13. The smallest absolute Gasteiger partial charge is 0.255 e. The van der Waals surface area contributed by atoms with E-state index in [0.717, 1.165) is 12.0 Å². The van der Waals surface area contributed by atoms with Crippen LogP contribution in [-0.4, -0.2) is 17.0 Å². The number of rotatable bonds is 7. The second kappa shape index (κ2) is 8.82. The van der Waals surface area contributed by atoms with E-state index in [9.17, 15) is 4.79 Å². The highest BCUT2D eigenvalue weighted by atomic mass is 16.5. The average molecular weight is 400 g/mol. The molecule has 0 fully saturated rings. The number of oxazole rings is 1. The largest absolute Gasteiger partial charge is 0.491 e. The standard InChI is InChI=1S/C25H24N2O3/c1-3-17(2)29-21-11-7-10-19(15-21)25(28)26-20-12-13-23-22(16-20)27-24(30-23)14-18-8-5-4-6-9-18/h4-13,15-17H,3,14H2,1-2H3,(H,26,28)/t17-/m1/s1. The van der Waals surface area contributed by atoms with Crippen LogP contribution in [0.5, 0.6) is 5.75 Å². The van der Waals surface area contributed by atoms with Gasteiger partial charge in [-0.15, -0.1) is 0 Å². The molecule has 1 aromatic heterocycles. The summed E-state index contributed by atoms with van der Waals surface area (Å²) in [5, 5.41) is 2.93. The lowest BCUT2D eigenvalue weighted by Gasteiger charge is -2.13. The maximum atomic E-state index is 12.7. The van der Waals surface area contributed by atoms with E-state index in [1.807, 2.05) is 67.6 Å². The van der Waals surface area contributed by atoms with Gasteiger partial charge in [0.05, 0.1) is 6.10 Å². The number of nitrogens with zero attached hydrogens (tertiary/aromatic N) is 1. The Labute approximate surface area is 175 Å². The van der Waals surface area contributed by atoms with Crippen LogP contribution in [0.25, 0.3) is 11.1 Å². The Kier molecular flexibility index (Phi) is 5.80. The highest BCUT2D eigenvalue weighted by Crippen LogP contribution is 2.23. The fraction of sp³-hybridized carbons (Fsp3) is 0.200. The Morgan fingerprint density at radius 1 is 1.07 bits per heavy atom. The van der Waals surface area contributed by atoms with E-state index >= 15 is 0 Å². The maximum absolute atomic E-state index is 12.7. The predicted octanol–water partition coefficient (Wildman–Crippen LogP) is 5.85. The van der Waals surface area contributed by atoms with Gasteiger partial charge in [0, 0.05) is 17.7 Å². The highest BCUT2D eigenvalue weighted by molar-refractivity contribution is 6.05. The van der Waals surface area contributed by atoms with Gasteiger partial charge in [-0.25, -0.2) is 4.98 Å². The molecule has 0 aliphatic rings. The lowest BCUT2D eigenvalue weighted by Crippen LogP contribution is -2.13. The number of fused-ring (bicyclic) bond motifs is 1. The zero-order chi connectivity index (χ0) is 20.9. The zero-order valence-electron chi connectivity index (χ0n) is 17.1. The summed E-state index contributed by atoms with van der Waals surface area (Å²) >= 11 is 0. The van der Waals surface area contributed by atoms with E-state index in [0.29, 0.717) is 40.4 Å². The van der Waals surface area contributed by atoms with Gasteiger partial charge in [0.15, 0.2) is 11.5 Å². The number of anilines is 1. The molecule has 152 valence electrons. The average Bonchev–Trinajstić information content (AvgIpc) is 3.16. The molecule has 1 heterocycles. The first-order chi connectivity index (χ1) is 14.6. The Bertz CT molecular complexity index is 1150. The molecule has 0 saturated heterocycles. The fourth-order valence-electron chi connectivity index (χ4n) is 3.13. The monoisotopic (exact) mass is 400 g/mol. The normalized spacial score (nSPS) is 11.9. The SMILES string of the molecule is CC[C@@H](C)Oc1cccc(C(=O)Nc2ccc3oc(Cc4ccccc4)nc3c2)c1. The van der Waals surface area contributed by atoms with E-state index in [-0.39, 0.29) is 12.0 Å². The van der Waals surface area contributed by atoms with E-state index in [1.54, 1.807) is 12.1 Å². The van der Waals surface area contributed by atoms with Gasteiger partial charge in [-0.1, -0.05) is 43.3 Å². The highest BCUT2D eigenvalue weighted by Gasteiger charge is 2.11. The molecule has 1 N–H and O–H groups in total. The van der Waals surface area contributed by atoms with Gasteiger partial charge in [-0.2, -0.15) is 0 Å². The number of carbonyl (C=O) groups is 1. The molecule has 0 bridgehead atoms. The maximum Gasteiger partial charge on any atom is 0.255 e. The molecule has 4 aromatic rings. The van der Waals surface area contributed by atoms with Crippen molar-refractivity contribution >= 4 is 22.7 Å². The molecule has 5 heteroatoms. The number of nitrogens with one attached hydrogen (secondary N) is 1. The molecule has 0 spiro atoms. The minimum absolute atomic E-state index is 0.1000. The molecule has 1 atom stereocenters. The van der Waals surface area contributed by atoms with Crippen molar-refractivity contribution in [2.75, 3.05) is 5.32 Å². The molecular weight excluding hydrogens is 376 g/mol. The van der Waals surface area contributed by atoms with Gasteiger partial charge >= 0.3 is 0 Å². The van der Waals surface area contributed by atoms with Crippen molar-refractivity contribution in [2.45, 2.75) is 32.8 Å². The third-order valence-corrected chi connectivity index (χ3v) is 4.90. The summed E-state index contributed by atoms with van der Waals surface area (Å²) in [6.45, 7) is 4.07. The number of amides is 1. The van der Waals surface area contributed by atoms with Gasteiger partial charge in [0.2, 0.25) is 0 Å². The number of carbonyl (C=O) groups excluding carboxylic acids is 1. The summed E-state index contributed by atoms with van der Waals surface area (Å²) in [6, 6.07) is 22.7. The van der Waals surface area contributed by atoms with Gasteiger partial charge in [0.25, 0.3) is 5.91 Å².